The molecule has 0 amide bonds. The lowest BCUT2D eigenvalue weighted by molar-refractivity contribution is 0.565. The minimum Gasteiger partial charge on any atom is -0.211 e. The maximum atomic E-state index is 9.82. The van der Waals surface area contributed by atoms with Gasteiger partial charge in [0.2, 0.25) is 6.08 Å². The van der Waals surface area contributed by atoms with E-state index in [-0.39, 0.29) is 0 Å². The highest BCUT2D eigenvalue weighted by Gasteiger charge is 1.90. The van der Waals surface area contributed by atoms with Crippen molar-refractivity contribution in [1.29, 1.82) is 0 Å². The Morgan fingerprint density at radius 3 is 2.45 bits per heavy atom. The van der Waals surface area contributed by atoms with E-state index >= 15 is 0 Å². The summed E-state index contributed by atoms with van der Waals surface area (Å²) in [6.07, 6.45) is 1.48. The lowest BCUT2D eigenvalue weighted by atomic mass is 10.3. The first kappa shape index (κ1) is 8.53. The molecule has 0 unspecified atom stereocenters. The Hall–Kier alpha value is -0.570. The van der Waals surface area contributed by atoms with Crippen LogP contribution in [0.5, 0.6) is 0 Å². The lowest BCUT2D eigenvalue weighted by Gasteiger charge is -1.92. The minimum absolute atomic E-state index is 0.630. The van der Waals surface area contributed by atoms with Crippen LogP contribution < -0.4 is 0 Å². The van der Waals surface area contributed by atoms with Crippen molar-refractivity contribution in [3.05, 3.63) is 24.3 Å². The molecule has 1 aromatic rings. The zero-order chi connectivity index (χ0) is 8.10. The molecule has 0 N–H and O–H groups in total. The van der Waals surface area contributed by atoms with Gasteiger partial charge in [-0.15, -0.1) is 0 Å². The smallest absolute Gasteiger partial charge is 0.211 e. The third kappa shape index (κ3) is 2.50. The van der Waals surface area contributed by atoms with E-state index in [1.54, 1.807) is 12.1 Å². The molecule has 0 aliphatic heterocycles. The van der Waals surface area contributed by atoms with Crippen LogP contribution in [-0.4, -0.2) is 6.08 Å². The van der Waals surface area contributed by atoms with Crippen LogP contribution >= 0.6 is 25.0 Å². The predicted octanol–water partition coefficient (Wildman–Crippen LogP) is 3.06. The Morgan fingerprint density at radius 2 is 2.00 bits per heavy atom. The standard InChI is InChI=1S/C7H4BrNOS/c8-11-7-3-1-6(2-4-7)9-5-10/h1-4H. The topological polar surface area (TPSA) is 29.4 Å². The third-order valence-electron chi connectivity index (χ3n) is 1.10. The largest absolute Gasteiger partial charge is 0.240 e. The number of halogens is 1. The summed E-state index contributed by atoms with van der Waals surface area (Å²) >= 11 is 3.23. The molecular weight excluding hydrogens is 226 g/mol. The van der Waals surface area contributed by atoms with Gasteiger partial charge in [0.05, 0.1) is 5.69 Å². The van der Waals surface area contributed by atoms with Crippen LogP contribution in [0.4, 0.5) is 5.69 Å². The molecule has 0 atom stereocenters. The van der Waals surface area contributed by atoms with Crippen molar-refractivity contribution in [2.75, 3.05) is 0 Å². The van der Waals surface area contributed by atoms with E-state index in [9.17, 15) is 4.79 Å². The van der Waals surface area contributed by atoms with Gasteiger partial charge in [-0.05, 0) is 49.3 Å². The molecule has 0 aliphatic carbocycles. The Bertz CT molecular complexity index is 279. The van der Waals surface area contributed by atoms with E-state index in [2.05, 4.69) is 19.8 Å². The lowest BCUT2D eigenvalue weighted by Crippen LogP contribution is -1.65. The minimum atomic E-state index is 0.630. The number of aliphatic imine (C=N–C) groups is 1. The van der Waals surface area contributed by atoms with Crippen LogP contribution in [-0.2, 0) is 4.79 Å². The quantitative estimate of drug-likeness (QED) is 0.577. The summed E-state index contributed by atoms with van der Waals surface area (Å²) in [5.74, 6) is 0. The summed E-state index contributed by atoms with van der Waals surface area (Å²) < 4.78 is 0. The molecule has 0 saturated heterocycles. The van der Waals surface area contributed by atoms with Gasteiger partial charge in [0.15, 0.2) is 0 Å². The molecule has 0 aromatic heterocycles. The maximum absolute atomic E-state index is 9.82. The molecule has 0 spiro atoms. The average molecular weight is 230 g/mol. The van der Waals surface area contributed by atoms with Crippen LogP contribution in [0.3, 0.4) is 0 Å². The van der Waals surface area contributed by atoms with E-state index in [1.807, 2.05) is 12.1 Å². The van der Waals surface area contributed by atoms with Crippen LogP contribution in [0.15, 0.2) is 34.2 Å². The van der Waals surface area contributed by atoms with Gasteiger partial charge in [0.25, 0.3) is 0 Å². The van der Waals surface area contributed by atoms with Gasteiger partial charge in [0, 0.05) is 4.90 Å². The Kier molecular flexibility index (Phi) is 3.36. The van der Waals surface area contributed by atoms with Crippen molar-refractivity contribution in [1.82, 2.24) is 0 Å². The molecule has 1 aromatic carbocycles. The molecule has 0 bridgehead atoms. The fourth-order valence-electron chi connectivity index (χ4n) is 0.625. The summed E-state index contributed by atoms with van der Waals surface area (Å²) in [6, 6.07) is 7.26. The third-order valence-corrected chi connectivity index (χ3v) is 2.67. The van der Waals surface area contributed by atoms with Gasteiger partial charge in [-0.1, -0.05) is 0 Å². The summed E-state index contributed by atoms with van der Waals surface area (Å²) in [5.41, 5.74) is 0.630. The molecule has 11 heavy (non-hydrogen) atoms. The van der Waals surface area contributed by atoms with E-state index in [4.69, 9.17) is 0 Å². The second-order valence-electron chi connectivity index (χ2n) is 1.77. The van der Waals surface area contributed by atoms with Crippen LogP contribution in [0, 0.1) is 0 Å². The number of isocyanates is 1. The summed E-state index contributed by atoms with van der Waals surface area (Å²) in [4.78, 5) is 14.4. The second kappa shape index (κ2) is 4.34. The van der Waals surface area contributed by atoms with Crippen molar-refractivity contribution in [2.24, 2.45) is 4.99 Å². The molecule has 1 rings (SSSR count). The first-order valence-electron chi connectivity index (χ1n) is 2.83. The number of nitrogens with zero attached hydrogens (tertiary/aromatic N) is 1. The highest BCUT2D eigenvalue weighted by molar-refractivity contribution is 9.50. The van der Waals surface area contributed by atoms with Crippen molar-refractivity contribution < 1.29 is 4.79 Å². The number of carbonyl (C=O) groups excluding carboxylic acids is 1. The Morgan fingerprint density at radius 1 is 1.36 bits per heavy atom. The number of hydrogen-bond acceptors (Lipinski definition) is 3. The number of rotatable bonds is 2. The van der Waals surface area contributed by atoms with E-state index in [0.29, 0.717) is 5.69 Å². The summed E-state index contributed by atoms with van der Waals surface area (Å²) in [6.45, 7) is 0. The number of hydrogen-bond donors (Lipinski definition) is 0. The molecule has 4 heteroatoms. The first-order valence-corrected chi connectivity index (χ1v) is 5.49. The Balaban J connectivity index is 2.91. The zero-order valence-electron chi connectivity index (χ0n) is 5.45. The summed E-state index contributed by atoms with van der Waals surface area (Å²) in [5, 5.41) is 0. The van der Waals surface area contributed by atoms with Crippen LogP contribution in [0.2, 0.25) is 0 Å². The van der Waals surface area contributed by atoms with Crippen LogP contribution in [0.25, 0.3) is 0 Å². The van der Waals surface area contributed by atoms with E-state index in [1.165, 1.54) is 16.3 Å². The molecule has 0 saturated carbocycles. The maximum Gasteiger partial charge on any atom is 0.240 e. The molecule has 0 aliphatic rings. The SMILES string of the molecule is O=C=Nc1ccc(SBr)cc1. The molecule has 0 radical (unpaired) electrons. The zero-order valence-corrected chi connectivity index (χ0v) is 7.85. The van der Waals surface area contributed by atoms with Gasteiger partial charge in [-0.2, -0.15) is 4.99 Å². The van der Waals surface area contributed by atoms with Gasteiger partial charge in [0.1, 0.15) is 0 Å². The van der Waals surface area contributed by atoms with Crippen molar-refractivity contribution in [3.8, 4) is 0 Å². The van der Waals surface area contributed by atoms with Crippen LogP contribution in [0.1, 0.15) is 0 Å². The normalized spacial score (nSPS) is 8.82. The predicted molar refractivity (Wildman–Crippen MR) is 49.0 cm³/mol. The fraction of sp³-hybridized carbons (Fsp3) is 0. The molecule has 0 heterocycles. The molecule has 0 fully saturated rings. The number of benzene rings is 1. The molecule has 2 nitrogen and oxygen atoms in total. The molecular formula is C7H4BrNOS. The van der Waals surface area contributed by atoms with Gasteiger partial charge < -0.3 is 0 Å². The Labute approximate surface area is 75.9 Å². The van der Waals surface area contributed by atoms with Crippen molar-refractivity contribution in [2.45, 2.75) is 4.90 Å². The average Bonchev–Trinajstić information content (AvgIpc) is 2.07. The monoisotopic (exact) mass is 229 g/mol. The van der Waals surface area contributed by atoms with E-state index in [0.717, 1.165) is 4.90 Å². The fourth-order valence-corrected chi connectivity index (χ4v) is 1.51. The van der Waals surface area contributed by atoms with Gasteiger partial charge >= 0.3 is 0 Å². The first-order chi connectivity index (χ1) is 5.36. The van der Waals surface area contributed by atoms with E-state index < -0.39 is 0 Å². The highest BCUT2D eigenvalue weighted by Crippen LogP contribution is 2.25. The van der Waals surface area contributed by atoms with Gasteiger partial charge in [-0.25, -0.2) is 4.79 Å². The molecule has 56 valence electrons. The second-order valence-corrected chi connectivity index (χ2v) is 3.37. The van der Waals surface area contributed by atoms with Gasteiger partial charge in [-0.3, -0.25) is 0 Å². The summed E-state index contributed by atoms with van der Waals surface area (Å²) in [7, 11) is 1.47. The highest BCUT2D eigenvalue weighted by atomic mass is 79.9. The van der Waals surface area contributed by atoms with Crippen molar-refractivity contribution >= 4 is 36.8 Å². The van der Waals surface area contributed by atoms with Crippen molar-refractivity contribution in [3.63, 3.8) is 0 Å².